The van der Waals surface area contributed by atoms with Gasteiger partial charge in [0, 0.05) is 17.0 Å². The third kappa shape index (κ3) is 2.52. The topological polar surface area (TPSA) is 63.9 Å². The lowest BCUT2D eigenvalue weighted by atomic mass is 9.93. The van der Waals surface area contributed by atoms with Gasteiger partial charge in [-0.05, 0) is 43.7 Å². The predicted molar refractivity (Wildman–Crippen MR) is 81.0 cm³/mol. The van der Waals surface area contributed by atoms with Gasteiger partial charge in [0.05, 0.1) is 11.7 Å². The monoisotopic (exact) mass is 273 g/mol. The Morgan fingerprint density at radius 3 is 2.95 bits per heavy atom. The summed E-state index contributed by atoms with van der Waals surface area (Å²) >= 11 is 0. The number of hydrogen-bond donors (Lipinski definition) is 2. The summed E-state index contributed by atoms with van der Waals surface area (Å²) in [5.41, 5.74) is 8.37. The Morgan fingerprint density at radius 2 is 2.20 bits per heavy atom. The van der Waals surface area contributed by atoms with Gasteiger partial charge in [-0.2, -0.15) is 5.10 Å². The fraction of sp³-hybridized carbons (Fsp3) is 0.562. The molecule has 20 heavy (non-hydrogen) atoms. The Kier molecular flexibility index (Phi) is 3.66. The van der Waals surface area contributed by atoms with Crippen molar-refractivity contribution >= 4 is 10.9 Å². The molecular weight excluding hydrogens is 250 g/mol. The van der Waals surface area contributed by atoms with Crippen molar-refractivity contribution in [2.45, 2.75) is 57.6 Å². The van der Waals surface area contributed by atoms with Gasteiger partial charge < -0.3 is 10.5 Å². The summed E-state index contributed by atoms with van der Waals surface area (Å²) in [6, 6.07) is 4.40. The van der Waals surface area contributed by atoms with E-state index in [4.69, 9.17) is 10.5 Å². The van der Waals surface area contributed by atoms with Crippen LogP contribution in [-0.4, -0.2) is 22.3 Å². The summed E-state index contributed by atoms with van der Waals surface area (Å²) in [4.78, 5) is 0. The minimum Gasteiger partial charge on any atom is -0.490 e. The second-order valence-electron chi connectivity index (χ2n) is 6.13. The maximum atomic E-state index is 6.27. The van der Waals surface area contributed by atoms with Gasteiger partial charge in [0.15, 0.2) is 0 Å². The van der Waals surface area contributed by atoms with Gasteiger partial charge in [-0.15, -0.1) is 0 Å². The van der Waals surface area contributed by atoms with Gasteiger partial charge >= 0.3 is 0 Å². The van der Waals surface area contributed by atoms with Crippen molar-refractivity contribution in [1.29, 1.82) is 0 Å². The number of hydrogen-bond acceptors (Lipinski definition) is 3. The minimum absolute atomic E-state index is 0.251. The number of benzene rings is 1. The fourth-order valence-electron chi connectivity index (χ4n) is 3.19. The van der Waals surface area contributed by atoms with Crippen LogP contribution < -0.4 is 10.5 Å². The maximum absolute atomic E-state index is 6.27. The van der Waals surface area contributed by atoms with Gasteiger partial charge in [0.25, 0.3) is 0 Å². The Morgan fingerprint density at radius 1 is 1.35 bits per heavy atom. The van der Waals surface area contributed by atoms with Crippen molar-refractivity contribution in [3.63, 3.8) is 0 Å². The average Bonchev–Trinajstić information content (AvgIpc) is 2.86. The number of fused-ring (bicyclic) bond motifs is 1. The molecule has 3 rings (SSSR count). The lowest BCUT2D eigenvalue weighted by Gasteiger charge is -2.28. The number of H-pyrrole nitrogens is 1. The third-order valence-electron chi connectivity index (χ3n) is 4.16. The average molecular weight is 273 g/mol. The lowest BCUT2D eigenvalue weighted by molar-refractivity contribution is 0.143. The van der Waals surface area contributed by atoms with Crippen molar-refractivity contribution < 1.29 is 4.74 Å². The Hall–Kier alpha value is -1.55. The van der Waals surface area contributed by atoms with E-state index in [0.717, 1.165) is 42.3 Å². The lowest BCUT2D eigenvalue weighted by Crippen LogP contribution is -2.33. The molecule has 1 fully saturated rings. The highest BCUT2D eigenvalue weighted by Crippen LogP contribution is 2.35. The SMILES string of the molecule is CC(C)c1c(O[C@@H]2CCC[C@@H](N)C2)ccc2[nH]ncc12. The van der Waals surface area contributed by atoms with E-state index in [9.17, 15) is 0 Å². The van der Waals surface area contributed by atoms with E-state index in [2.05, 4.69) is 30.1 Å². The van der Waals surface area contributed by atoms with E-state index in [-0.39, 0.29) is 12.1 Å². The van der Waals surface area contributed by atoms with Gasteiger partial charge in [0.1, 0.15) is 11.9 Å². The highest BCUT2D eigenvalue weighted by molar-refractivity contribution is 5.84. The van der Waals surface area contributed by atoms with Crippen molar-refractivity contribution in [3.8, 4) is 5.75 Å². The first-order valence-corrected chi connectivity index (χ1v) is 7.53. The van der Waals surface area contributed by atoms with Gasteiger partial charge in [0.2, 0.25) is 0 Å². The minimum atomic E-state index is 0.251. The molecule has 2 aromatic rings. The van der Waals surface area contributed by atoms with E-state index in [0.29, 0.717) is 5.92 Å². The first-order valence-electron chi connectivity index (χ1n) is 7.53. The molecule has 4 nitrogen and oxygen atoms in total. The van der Waals surface area contributed by atoms with Crippen LogP contribution in [0.3, 0.4) is 0 Å². The van der Waals surface area contributed by atoms with Crippen LogP contribution in [0, 0.1) is 0 Å². The summed E-state index contributed by atoms with van der Waals surface area (Å²) in [6.07, 6.45) is 6.49. The van der Waals surface area contributed by atoms with Crippen LogP contribution in [0.5, 0.6) is 5.75 Å². The molecule has 1 aromatic carbocycles. The van der Waals surface area contributed by atoms with Crippen LogP contribution >= 0.6 is 0 Å². The molecule has 0 radical (unpaired) electrons. The molecule has 0 bridgehead atoms. The van der Waals surface area contributed by atoms with E-state index in [1.54, 1.807) is 0 Å². The standard InChI is InChI=1S/C16H23N3O/c1-10(2)16-13-9-18-19-14(13)6-7-15(16)20-12-5-3-4-11(17)8-12/h6-7,9-12H,3-5,8,17H2,1-2H3,(H,18,19)/t11-,12-/m1/s1. The molecular formula is C16H23N3O. The molecule has 0 saturated heterocycles. The molecule has 3 N–H and O–H groups in total. The molecule has 1 aliphatic carbocycles. The molecule has 0 unspecified atom stereocenters. The van der Waals surface area contributed by atoms with E-state index in [1.807, 2.05) is 12.3 Å². The van der Waals surface area contributed by atoms with Crippen molar-refractivity contribution in [2.24, 2.45) is 5.73 Å². The summed E-state index contributed by atoms with van der Waals surface area (Å²) in [7, 11) is 0. The van der Waals surface area contributed by atoms with Gasteiger partial charge in [-0.3, -0.25) is 5.10 Å². The Balaban J connectivity index is 1.92. The van der Waals surface area contributed by atoms with E-state index >= 15 is 0 Å². The quantitative estimate of drug-likeness (QED) is 0.901. The van der Waals surface area contributed by atoms with Crippen LogP contribution in [0.1, 0.15) is 51.0 Å². The summed E-state index contributed by atoms with van der Waals surface area (Å²) in [5, 5.41) is 8.34. The van der Waals surface area contributed by atoms with Crippen molar-refractivity contribution in [1.82, 2.24) is 10.2 Å². The highest BCUT2D eigenvalue weighted by Gasteiger charge is 2.22. The zero-order valence-corrected chi connectivity index (χ0v) is 12.2. The maximum Gasteiger partial charge on any atom is 0.123 e. The molecule has 0 spiro atoms. The van der Waals surface area contributed by atoms with Crippen LogP contribution in [0.4, 0.5) is 0 Å². The van der Waals surface area contributed by atoms with Crippen molar-refractivity contribution in [3.05, 3.63) is 23.9 Å². The first kappa shape index (κ1) is 13.4. The summed E-state index contributed by atoms with van der Waals surface area (Å²) in [6.45, 7) is 4.39. The van der Waals surface area contributed by atoms with Crippen LogP contribution in [0.2, 0.25) is 0 Å². The van der Waals surface area contributed by atoms with Crippen LogP contribution in [0.15, 0.2) is 18.3 Å². The zero-order valence-electron chi connectivity index (χ0n) is 12.2. The normalized spacial score (nSPS) is 23.4. The number of ether oxygens (including phenoxy) is 1. The highest BCUT2D eigenvalue weighted by atomic mass is 16.5. The van der Waals surface area contributed by atoms with Crippen LogP contribution in [0.25, 0.3) is 10.9 Å². The molecule has 0 amide bonds. The van der Waals surface area contributed by atoms with Gasteiger partial charge in [-0.1, -0.05) is 13.8 Å². The summed E-state index contributed by atoms with van der Waals surface area (Å²) in [5.74, 6) is 1.40. The van der Waals surface area contributed by atoms with Gasteiger partial charge in [-0.25, -0.2) is 0 Å². The van der Waals surface area contributed by atoms with Crippen molar-refractivity contribution in [2.75, 3.05) is 0 Å². The number of nitrogens with zero attached hydrogens (tertiary/aromatic N) is 1. The van der Waals surface area contributed by atoms with E-state index in [1.165, 1.54) is 5.56 Å². The number of nitrogens with one attached hydrogen (secondary N) is 1. The van der Waals surface area contributed by atoms with Crippen LogP contribution in [-0.2, 0) is 0 Å². The molecule has 1 heterocycles. The molecule has 4 heteroatoms. The second-order valence-corrected chi connectivity index (χ2v) is 6.13. The zero-order chi connectivity index (χ0) is 14.1. The number of aromatic nitrogens is 2. The molecule has 108 valence electrons. The Labute approximate surface area is 119 Å². The number of rotatable bonds is 3. The second kappa shape index (κ2) is 5.44. The Bertz CT molecular complexity index is 590. The molecule has 2 atom stereocenters. The molecule has 1 aromatic heterocycles. The third-order valence-corrected chi connectivity index (χ3v) is 4.16. The first-order chi connectivity index (χ1) is 9.65. The molecule has 1 saturated carbocycles. The van der Waals surface area contributed by atoms with E-state index < -0.39 is 0 Å². The smallest absolute Gasteiger partial charge is 0.123 e. The largest absolute Gasteiger partial charge is 0.490 e. The predicted octanol–water partition coefficient (Wildman–Crippen LogP) is 3.34. The molecule has 0 aliphatic heterocycles. The molecule has 1 aliphatic rings. The fourth-order valence-corrected chi connectivity index (χ4v) is 3.19. The number of aromatic amines is 1. The summed E-state index contributed by atoms with van der Waals surface area (Å²) < 4.78 is 6.27. The number of nitrogens with two attached hydrogens (primary N) is 1.